The third-order valence-electron chi connectivity index (χ3n) is 15.5. The first kappa shape index (κ1) is 63.9. The molecule has 0 fully saturated rings. The predicted molar refractivity (Wildman–Crippen MR) is 328 cm³/mol. The van der Waals surface area contributed by atoms with E-state index < -0.39 is 13.9 Å². The molecule has 0 saturated heterocycles. The van der Waals surface area contributed by atoms with Crippen LogP contribution >= 0.6 is 7.92 Å². The highest BCUT2D eigenvalue weighted by molar-refractivity contribution is 7.79. The summed E-state index contributed by atoms with van der Waals surface area (Å²) in [5.41, 5.74) is 2.17. The van der Waals surface area contributed by atoms with Crippen molar-refractivity contribution in [3.05, 3.63) is 114 Å². The molecule has 0 bridgehead atoms. The van der Waals surface area contributed by atoms with Gasteiger partial charge in [-0.05, 0) is 78.5 Å². The SMILES string of the molecule is CCCCCCCCCCCCCCCCCCCCCCOc1cc(Cc2cc(P(c3ccccc3)c3ccccc3)ccc2C(=O)O)cc(OCCCCCCCCCCCCCCCCCCCCCC)c1. The molecule has 0 spiro atoms. The molecule has 5 heteroatoms. The monoisotopic (exact) mass is 1040 g/mol. The number of hydrogen-bond donors (Lipinski definition) is 1. The molecular formula is C70H109O4P. The summed E-state index contributed by atoms with van der Waals surface area (Å²) >= 11 is 0. The van der Waals surface area contributed by atoms with Crippen LogP contribution in [0.5, 0.6) is 11.5 Å². The van der Waals surface area contributed by atoms with Crippen molar-refractivity contribution in [3.63, 3.8) is 0 Å². The van der Waals surface area contributed by atoms with Gasteiger partial charge in [0, 0.05) is 6.07 Å². The minimum Gasteiger partial charge on any atom is -0.493 e. The molecule has 0 heterocycles. The van der Waals surface area contributed by atoms with E-state index in [1.54, 1.807) is 0 Å². The van der Waals surface area contributed by atoms with Crippen LogP contribution < -0.4 is 25.4 Å². The summed E-state index contributed by atoms with van der Waals surface area (Å²) in [5, 5.41) is 14.1. The third kappa shape index (κ3) is 30.8. The smallest absolute Gasteiger partial charge is 0.335 e. The second-order valence-corrected chi connectivity index (χ2v) is 24.5. The molecule has 0 aromatic heterocycles. The molecule has 0 amide bonds. The van der Waals surface area contributed by atoms with Crippen molar-refractivity contribution in [1.82, 2.24) is 0 Å². The van der Waals surface area contributed by atoms with Crippen LogP contribution in [0, 0.1) is 0 Å². The van der Waals surface area contributed by atoms with Gasteiger partial charge in [-0.25, -0.2) is 4.79 Å². The number of benzene rings is 4. The maximum absolute atomic E-state index is 12.7. The Bertz CT molecular complexity index is 1840. The molecule has 418 valence electrons. The van der Waals surface area contributed by atoms with Crippen molar-refractivity contribution < 1.29 is 19.4 Å². The van der Waals surface area contributed by atoms with Crippen LogP contribution in [0.1, 0.15) is 292 Å². The third-order valence-corrected chi connectivity index (χ3v) is 17.9. The Morgan fingerprint density at radius 2 is 0.667 bits per heavy atom. The van der Waals surface area contributed by atoms with E-state index in [1.807, 2.05) is 12.1 Å². The minimum absolute atomic E-state index is 0.345. The fraction of sp³-hybridized carbons (Fsp3) is 0.643. The van der Waals surface area contributed by atoms with Gasteiger partial charge in [-0.2, -0.15) is 0 Å². The number of carboxylic acid groups (broad SMARTS) is 1. The Hall–Kier alpha value is -3.62. The molecule has 4 aromatic rings. The number of carboxylic acids is 1. The molecule has 0 saturated carbocycles. The van der Waals surface area contributed by atoms with E-state index in [9.17, 15) is 9.90 Å². The highest BCUT2D eigenvalue weighted by Gasteiger charge is 2.20. The highest BCUT2D eigenvalue weighted by Crippen LogP contribution is 2.34. The van der Waals surface area contributed by atoms with E-state index in [1.165, 1.54) is 255 Å². The van der Waals surface area contributed by atoms with Gasteiger partial charge in [0.15, 0.2) is 0 Å². The van der Waals surface area contributed by atoms with Crippen LogP contribution in [0.3, 0.4) is 0 Å². The number of carbonyl (C=O) groups is 1. The van der Waals surface area contributed by atoms with Crippen LogP contribution in [0.15, 0.2) is 97.1 Å². The van der Waals surface area contributed by atoms with Crippen LogP contribution in [0.25, 0.3) is 0 Å². The Morgan fingerprint density at radius 1 is 0.360 bits per heavy atom. The van der Waals surface area contributed by atoms with E-state index in [4.69, 9.17) is 9.47 Å². The van der Waals surface area contributed by atoms with Gasteiger partial charge < -0.3 is 14.6 Å². The van der Waals surface area contributed by atoms with Gasteiger partial charge in [0.05, 0.1) is 18.8 Å². The van der Waals surface area contributed by atoms with Gasteiger partial charge in [0.2, 0.25) is 0 Å². The quantitative estimate of drug-likeness (QED) is 0.0354. The molecule has 0 unspecified atom stereocenters. The maximum atomic E-state index is 12.7. The van der Waals surface area contributed by atoms with E-state index in [2.05, 4.69) is 98.8 Å². The Kier molecular flexibility index (Phi) is 37.8. The lowest BCUT2D eigenvalue weighted by molar-refractivity contribution is 0.0696. The fourth-order valence-corrected chi connectivity index (χ4v) is 13.2. The Balaban J connectivity index is 1.20. The van der Waals surface area contributed by atoms with Gasteiger partial charge in [0.1, 0.15) is 11.5 Å². The summed E-state index contributed by atoms with van der Waals surface area (Å²) in [7, 11) is -0.874. The van der Waals surface area contributed by atoms with Crippen LogP contribution in [-0.4, -0.2) is 24.3 Å². The van der Waals surface area contributed by atoms with Gasteiger partial charge in [-0.3, -0.25) is 0 Å². The first-order valence-electron chi connectivity index (χ1n) is 31.7. The van der Waals surface area contributed by atoms with Gasteiger partial charge in [-0.15, -0.1) is 0 Å². The summed E-state index contributed by atoms with van der Waals surface area (Å²) < 4.78 is 12.9. The molecule has 4 aromatic carbocycles. The second kappa shape index (κ2) is 44.4. The average molecular weight is 1050 g/mol. The summed E-state index contributed by atoms with van der Waals surface area (Å²) in [6.07, 6.45) is 55.3. The topological polar surface area (TPSA) is 55.8 Å². The van der Waals surface area contributed by atoms with Gasteiger partial charge in [0.25, 0.3) is 0 Å². The van der Waals surface area contributed by atoms with Crippen molar-refractivity contribution in [2.24, 2.45) is 0 Å². The molecule has 0 aliphatic carbocycles. The number of ether oxygens (including phenoxy) is 2. The van der Waals surface area contributed by atoms with Gasteiger partial charge >= 0.3 is 5.97 Å². The van der Waals surface area contributed by atoms with Crippen molar-refractivity contribution in [1.29, 1.82) is 0 Å². The molecule has 0 radical (unpaired) electrons. The first-order valence-corrected chi connectivity index (χ1v) is 33.1. The molecule has 4 rings (SSSR count). The standard InChI is InChI=1S/C70H109O4P/c1-3-5-7-9-11-13-15-17-19-21-23-25-27-29-31-33-35-37-39-47-55-73-64-58-62(57-63-60-68(53-54-69(63)70(71)72)75(66-49-43-41-44-50-66)67-51-45-42-46-52-67)59-65(61-64)74-56-48-40-38-36-34-32-30-28-26-24-22-20-18-16-14-12-10-8-6-4-2/h41-46,49-54,58-61H,3-40,47-48,55-57H2,1-2H3,(H,71,72). The summed E-state index contributed by atoms with van der Waals surface area (Å²) in [6, 6.07) is 33.5. The van der Waals surface area contributed by atoms with Crippen LogP contribution in [0.4, 0.5) is 0 Å². The Labute approximate surface area is 462 Å². The zero-order valence-electron chi connectivity index (χ0n) is 48.3. The molecule has 0 atom stereocenters. The van der Waals surface area contributed by atoms with Gasteiger partial charge in [-0.1, -0.05) is 325 Å². The first-order chi connectivity index (χ1) is 37.1. The molecule has 4 nitrogen and oxygen atoms in total. The zero-order chi connectivity index (χ0) is 52.9. The number of rotatable bonds is 50. The lowest BCUT2D eigenvalue weighted by atomic mass is 9.99. The Morgan fingerprint density at radius 3 is 0.973 bits per heavy atom. The van der Waals surface area contributed by atoms with Crippen LogP contribution in [-0.2, 0) is 6.42 Å². The average Bonchev–Trinajstić information content (AvgIpc) is 3.42. The minimum atomic E-state index is -0.900. The van der Waals surface area contributed by atoms with E-state index >= 15 is 0 Å². The van der Waals surface area contributed by atoms with Crippen molar-refractivity contribution >= 4 is 29.8 Å². The molecule has 75 heavy (non-hydrogen) atoms. The summed E-state index contributed by atoms with van der Waals surface area (Å²) in [5.74, 6) is 0.726. The fourth-order valence-electron chi connectivity index (χ4n) is 10.9. The van der Waals surface area contributed by atoms with E-state index in [0.29, 0.717) is 25.2 Å². The number of unbranched alkanes of at least 4 members (excludes halogenated alkanes) is 38. The van der Waals surface area contributed by atoms with E-state index in [0.717, 1.165) is 40.8 Å². The predicted octanol–water partition coefficient (Wildman–Crippen LogP) is 21.1. The van der Waals surface area contributed by atoms with Crippen LogP contribution in [0.2, 0.25) is 0 Å². The van der Waals surface area contributed by atoms with E-state index in [-0.39, 0.29) is 0 Å². The largest absolute Gasteiger partial charge is 0.493 e. The second-order valence-electron chi connectivity index (χ2n) is 22.3. The van der Waals surface area contributed by atoms with Crippen molar-refractivity contribution in [3.8, 4) is 11.5 Å². The zero-order valence-corrected chi connectivity index (χ0v) is 49.2. The molecular weight excluding hydrogens is 936 g/mol. The lowest BCUT2D eigenvalue weighted by Crippen LogP contribution is -2.21. The normalized spacial score (nSPS) is 11.5. The summed E-state index contributed by atoms with van der Waals surface area (Å²) in [6.45, 7) is 5.95. The molecule has 0 aliphatic heterocycles. The maximum Gasteiger partial charge on any atom is 0.335 e. The molecule has 1 N–H and O–H groups in total. The summed E-state index contributed by atoms with van der Waals surface area (Å²) in [4.78, 5) is 12.7. The lowest BCUT2D eigenvalue weighted by Gasteiger charge is -2.21. The number of aromatic carboxylic acids is 1. The number of hydrogen-bond acceptors (Lipinski definition) is 3. The van der Waals surface area contributed by atoms with Crippen molar-refractivity contribution in [2.45, 2.75) is 277 Å². The van der Waals surface area contributed by atoms with Crippen molar-refractivity contribution in [2.75, 3.05) is 13.2 Å². The molecule has 0 aliphatic rings. The highest BCUT2D eigenvalue weighted by atomic mass is 31.1.